The monoisotopic (exact) mass is 232 g/mol. The number of hydrogen-bond donors (Lipinski definition) is 2. The number of hydrogen-bond acceptors (Lipinski definition) is 2. The van der Waals surface area contributed by atoms with Crippen LogP contribution >= 0.6 is 0 Å². The van der Waals surface area contributed by atoms with E-state index in [2.05, 4.69) is 0 Å². The molecule has 16 heavy (non-hydrogen) atoms. The van der Waals surface area contributed by atoms with E-state index in [-0.39, 0.29) is 37.4 Å². The van der Waals surface area contributed by atoms with Crippen LogP contribution in [0.2, 0.25) is 0 Å². The Morgan fingerprint density at radius 2 is 2.19 bits per heavy atom. The predicted molar refractivity (Wildman–Crippen MR) is 60.1 cm³/mol. The minimum Gasteiger partial charge on any atom is -0.465 e. The molecule has 94 valence electrons. The van der Waals surface area contributed by atoms with Crippen LogP contribution in [-0.4, -0.2) is 40.9 Å². The van der Waals surface area contributed by atoms with Crippen molar-refractivity contribution in [2.24, 2.45) is 11.1 Å². The molecular formula is C11H21FN2O2. The van der Waals surface area contributed by atoms with Gasteiger partial charge in [-0.3, -0.25) is 0 Å². The van der Waals surface area contributed by atoms with Gasteiger partial charge in [0.1, 0.15) is 5.67 Å². The zero-order chi connectivity index (χ0) is 12.6. The molecule has 1 rings (SSSR count). The lowest BCUT2D eigenvalue weighted by molar-refractivity contribution is -0.0108. The standard InChI is InChI=1S/C11H21FN2O2/c1-10(2,3)8-6-11(12,7-13)4-5-14(8)9(15)16/h8H,4-7,13H2,1-3H3,(H,15,16). The Morgan fingerprint density at radius 3 is 2.56 bits per heavy atom. The molecule has 1 aliphatic rings. The fourth-order valence-electron chi connectivity index (χ4n) is 2.22. The first-order valence-corrected chi connectivity index (χ1v) is 5.58. The first-order chi connectivity index (χ1) is 7.19. The Morgan fingerprint density at radius 1 is 1.62 bits per heavy atom. The van der Waals surface area contributed by atoms with Gasteiger partial charge in [0.2, 0.25) is 0 Å². The van der Waals surface area contributed by atoms with Gasteiger partial charge in [0.15, 0.2) is 0 Å². The van der Waals surface area contributed by atoms with Gasteiger partial charge in [-0.25, -0.2) is 9.18 Å². The van der Waals surface area contributed by atoms with Crippen molar-refractivity contribution in [1.29, 1.82) is 0 Å². The number of piperidine rings is 1. The van der Waals surface area contributed by atoms with E-state index in [1.807, 2.05) is 20.8 Å². The van der Waals surface area contributed by atoms with Crippen LogP contribution in [0, 0.1) is 5.41 Å². The largest absolute Gasteiger partial charge is 0.465 e. The zero-order valence-electron chi connectivity index (χ0n) is 10.2. The van der Waals surface area contributed by atoms with Gasteiger partial charge in [0.05, 0.1) is 0 Å². The lowest BCUT2D eigenvalue weighted by Crippen LogP contribution is -2.57. The average Bonchev–Trinajstić information content (AvgIpc) is 2.16. The molecule has 1 amide bonds. The highest BCUT2D eigenvalue weighted by atomic mass is 19.1. The van der Waals surface area contributed by atoms with Crippen molar-refractivity contribution < 1.29 is 14.3 Å². The van der Waals surface area contributed by atoms with Crippen molar-refractivity contribution in [3.05, 3.63) is 0 Å². The number of likely N-dealkylation sites (tertiary alicyclic amines) is 1. The Bertz CT molecular complexity index is 278. The van der Waals surface area contributed by atoms with Crippen LogP contribution in [0.15, 0.2) is 0 Å². The third-order valence-corrected chi connectivity index (χ3v) is 3.35. The van der Waals surface area contributed by atoms with E-state index in [4.69, 9.17) is 10.8 Å². The average molecular weight is 232 g/mol. The maximum absolute atomic E-state index is 14.2. The Labute approximate surface area is 95.6 Å². The Balaban J connectivity index is 2.90. The highest BCUT2D eigenvalue weighted by Crippen LogP contribution is 2.38. The number of halogens is 1. The van der Waals surface area contributed by atoms with E-state index in [1.165, 1.54) is 4.90 Å². The molecule has 0 aromatic rings. The maximum atomic E-state index is 14.2. The van der Waals surface area contributed by atoms with E-state index in [0.29, 0.717) is 0 Å². The summed E-state index contributed by atoms with van der Waals surface area (Å²) in [4.78, 5) is 12.4. The summed E-state index contributed by atoms with van der Waals surface area (Å²) in [6.45, 7) is 5.97. The van der Waals surface area contributed by atoms with Gasteiger partial charge < -0.3 is 15.7 Å². The number of alkyl halides is 1. The molecule has 2 unspecified atom stereocenters. The molecule has 3 N–H and O–H groups in total. The van der Waals surface area contributed by atoms with E-state index < -0.39 is 11.8 Å². The number of amides is 1. The molecule has 0 radical (unpaired) electrons. The number of carboxylic acid groups (broad SMARTS) is 1. The molecule has 5 heteroatoms. The van der Waals surface area contributed by atoms with Crippen LogP contribution in [0.4, 0.5) is 9.18 Å². The minimum absolute atomic E-state index is 0.0347. The third-order valence-electron chi connectivity index (χ3n) is 3.35. The van der Waals surface area contributed by atoms with Gasteiger partial charge in [0, 0.05) is 32.0 Å². The SMILES string of the molecule is CC(C)(C)C1CC(F)(CN)CCN1C(=O)O. The van der Waals surface area contributed by atoms with Gasteiger partial charge in [-0.1, -0.05) is 20.8 Å². The smallest absolute Gasteiger partial charge is 0.407 e. The fourth-order valence-corrected chi connectivity index (χ4v) is 2.22. The highest BCUT2D eigenvalue weighted by Gasteiger charge is 2.45. The molecule has 0 aliphatic carbocycles. The highest BCUT2D eigenvalue weighted by molar-refractivity contribution is 5.65. The summed E-state index contributed by atoms with van der Waals surface area (Å²) in [5.41, 5.74) is 3.74. The predicted octanol–water partition coefficient (Wildman–Crippen LogP) is 1.84. The molecular weight excluding hydrogens is 211 g/mol. The summed E-state index contributed by atoms with van der Waals surface area (Å²) in [7, 11) is 0. The lowest BCUT2D eigenvalue weighted by Gasteiger charge is -2.46. The molecule has 1 saturated heterocycles. The molecule has 1 heterocycles. The molecule has 2 atom stereocenters. The summed E-state index contributed by atoms with van der Waals surface area (Å²) in [5, 5.41) is 9.09. The van der Waals surface area contributed by atoms with Crippen LogP contribution < -0.4 is 5.73 Å². The van der Waals surface area contributed by atoms with E-state index in [0.717, 1.165) is 0 Å². The van der Waals surface area contributed by atoms with E-state index >= 15 is 0 Å². The van der Waals surface area contributed by atoms with Gasteiger partial charge >= 0.3 is 6.09 Å². The molecule has 1 fully saturated rings. The van der Waals surface area contributed by atoms with Crippen LogP contribution in [0.25, 0.3) is 0 Å². The van der Waals surface area contributed by atoms with Crippen molar-refractivity contribution in [3.8, 4) is 0 Å². The second-order valence-corrected chi connectivity index (χ2v) is 5.67. The maximum Gasteiger partial charge on any atom is 0.407 e. The summed E-state index contributed by atoms with van der Waals surface area (Å²) < 4.78 is 14.2. The van der Waals surface area contributed by atoms with Crippen molar-refractivity contribution in [2.45, 2.75) is 45.3 Å². The third kappa shape index (κ3) is 2.64. The summed E-state index contributed by atoms with van der Waals surface area (Å²) in [5.74, 6) is 0. The first kappa shape index (κ1) is 13.2. The van der Waals surface area contributed by atoms with Crippen molar-refractivity contribution in [3.63, 3.8) is 0 Å². The topological polar surface area (TPSA) is 66.6 Å². The van der Waals surface area contributed by atoms with Crippen molar-refractivity contribution >= 4 is 6.09 Å². The molecule has 0 aromatic heterocycles. The van der Waals surface area contributed by atoms with Gasteiger partial charge in [-0.2, -0.15) is 0 Å². The summed E-state index contributed by atoms with van der Waals surface area (Å²) in [6, 6.07) is -0.313. The van der Waals surface area contributed by atoms with Gasteiger partial charge in [-0.15, -0.1) is 0 Å². The molecule has 0 aromatic carbocycles. The molecule has 1 aliphatic heterocycles. The van der Waals surface area contributed by atoms with Crippen LogP contribution in [0.5, 0.6) is 0 Å². The Kier molecular flexibility index (Phi) is 3.47. The van der Waals surface area contributed by atoms with Crippen molar-refractivity contribution in [2.75, 3.05) is 13.1 Å². The van der Waals surface area contributed by atoms with Crippen molar-refractivity contribution in [1.82, 2.24) is 4.90 Å². The first-order valence-electron chi connectivity index (χ1n) is 5.58. The molecule has 0 saturated carbocycles. The fraction of sp³-hybridized carbons (Fsp3) is 0.909. The lowest BCUT2D eigenvalue weighted by atomic mass is 9.76. The number of rotatable bonds is 1. The van der Waals surface area contributed by atoms with Gasteiger partial charge in [-0.05, 0) is 5.41 Å². The normalized spacial score (nSPS) is 31.6. The number of carbonyl (C=O) groups is 1. The van der Waals surface area contributed by atoms with Crippen LogP contribution in [0.1, 0.15) is 33.6 Å². The summed E-state index contributed by atoms with van der Waals surface area (Å²) >= 11 is 0. The van der Waals surface area contributed by atoms with E-state index in [1.54, 1.807) is 0 Å². The second-order valence-electron chi connectivity index (χ2n) is 5.67. The molecule has 4 nitrogen and oxygen atoms in total. The summed E-state index contributed by atoms with van der Waals surface area (Å²) in [6.07, 6.45) is -0.583. The second kappa shape index (κ2) is 4.20. The molecule has 0 spiro atoms. The quantitative estimate of drug-likeness (QED) is 0.725. The van der Waals surface area contributed by atoms with Crippen LogP contribution in [0.3, 0.4) is 0 Å². The number of nitrogens with two attached hydrogens (primary N) is 1. The van der Waals surface area contributed by atoms with E-state index in [9.17, 15) is 9.18 Å². The molecule has 0 bridgehead atoms. The minimum atomic E-state index is -1.41. The van der Waals surface area contributed by atoms with Gasteiger partial charge in [0.25, 0.3) is 0 Å². The Hall–Kier alpha value is -0.840. The zero-order valence-corrected chi connectivity index (χ0v) is 10.2. The number of nitrogens with zero attached hydrogens (tertiary/aromatic N) is 1. The van der Waals surface area contributed by atoms with Crippen LogP contribution in [-0.2, 0) is 0 Å².